The third-order valence-corrected chi connectivity index (χ3v) is 3.00. The summed E-state index contributed by atoms with van der Waals surface area (Å²) in [4.78, 5) is 18.1. The van der Waals surface area contributed by atoms with Crippen LogP contribution in [0.4, 0.5) is 0 Å². The van der Waals surface area contributed by atoms with Crippen molar-refractivity contribution in [1.82, 2.24) is 14.5 Å². The molecule has 0 saturated carbocycles. The van der Waals surface area contributed by atoms with Gasteiger partial charge in [-0.25, -0.2) is 4.98 Å². The summed E-state index contributed by atoms with van der Waals surface area (Å²) in [6.07, 6.45) is 0. The van der Waals surface area contributed by atoms with E-state index in [1.165, 1.54) is 0 Å². The number of hydrogen-bond acceptors (Lipinski definition) is 3. The second-order valence-electron chi connectivity index (χ2n) is 4.13. The maximum absolute atomic E-state index is 12.1. The van der Waals surface area contributed by atoms with Crippen molar-refractivity contribution in [2.75, 3.05) is 26.3 Å². The molecule has 2 heterocycles. The standard InChI is InChI=1S/C12H17N3O2/c1-9-10(2)15(11(3)13-9)8-12(16)14-4-6-17-7-5-14/h1-2,4-8H2,3H3. The number of aryl methyl sites for hydroxylation is 1. The van der Waals surface area contributed by atoms with E-state index in [1.807, 2.05) is 11.8 Å². The molecule has 1 saturated heterocycles. The average Bonchev–Trinajstić information content (AvgIpc) is 2.57. The number of ether oxygens (including phenoxy) is 1. The highest BCUT2D eigenvalue weighted by atomic mass is 16.5. The van der Waals surface area contributed by atoms with E-state index < -0.39 is 0 Å². The van der Waals surface area contributed by atoms with Crippen LogP contribution in [0.1, 0.15) is 5.82 Å². The molecule has 1 amide bonds. The molecule has 1 aromatic rings. The van der Waals surface area contributed by atoms with E-state index >= 15 is 0 Å². The summed E-state index contributed by atoms with van der Waals surface area (Å²) < 4.78 is 7.02. The van der Waals surface area contributed by atoms with Crippen LogP contribution in [0.3, 0.4) is 0 Å². The average molecular weight is 235 g/mol. The van der Waals surface area contributed by atoms with E-state index in [2.05, 4.69) is 18.1 Å². The van der Waals surface area contributed by atoms with Gasteiger partial charge in [-0.2, -0.15) is 0 Å². The molecular formula is C12H17N3O2. The van der Waals surface area contributed by atoms with E-state index in [9.17, 15) is 4.79 Å². The molecule has 17 heavy (non-hydrogen) atoms. The van der Waals surface area contributed by atoms with Crippen LogP contribution in [-0.4, -0.2) is 46.7 Å². The molecule has 1 aromatic heterocycles. The zero-order valence-corrected chi connectivity index (χ0v) is 10.1. The minimum Gasteiger partial charge on any atom is -0.378 e. The van der Waals surface area contributed by atoms with Gasteiger partial charge in [-0.15, -0.1) is 0 Å². The molecule has 92 valence electrons. The Morgan fingerprint density at radius 1 is 1.41 bits per heavy atom. The molecule has 0 bridgehead atoms. The third kappa shape index (κ3) is 2.39. The molecule has 0 unspecified atom stereocenters. The van der Waals surface area contributed by atoms with Crippen molar-refractivity contribution >= 4 is 19.1 Å². The SMILES string of the molecule is C=c1nc(C)n(CC(=O)N2CCOCC2)c1=C. The Bertz CT molecular complexity index is 515. The summed E-state index contributed by atoms with van der Waals surface area (Å²) in [5.74, 6) is 0.861. The van der Waals surface area contributed by atoms with Gasteiger partial charge in [-0.3, -0.25) is 4.79 Å². The number of morpholine rings is 1. The summed E-state index contributed by atoms with van der Waals surface area (Å²) in [5.41, 5.74) is 0. The number of amides is 1. The first-order valence-electron chi connectivity index (χ1n) is 5.66. The van der Waals surface area contributed by atoms with Gasteiger partial charge in [0.25, 0.3) is 0 Å². The van der Waals surface area contributed by atoms with E-state index in [-0.39, 0.29) is 12.5 Å². The molecule has 2 rings (SSSR count). The lowest BCUT2D eigenvalue weighted by Crippen LogP contribution is -2.43. The van der Waals surface area contributed by atoms with Crippen LogP contribution in [0.15, 0.2) is 0 Å². The Morgan fingerprint density at radius 3 is 2.59 bits per heavy atom. The number of rotatable bonds is 2. The highest BCUT2D eigenvalue weighted by Gasteiger charge is 2.17. The highest BCUT2D eigenvalue weighted by Crippen LogP contribution is 1.99. The fourth-order valence-corrected chi connectivity index (χ4v) is 1.93. The predicted octanol–water partition coefficient (Wildman–Crippen LogP) is -1.13. The van der Waals surface area contributed by atoms with Crippen LogP contribution in [-0.2, 0) is 16.1 Å². The summed E-state index contributed by atoms with van der Waals surface area (Å²) in [5, 5.41) is 1.35. The molecule has 0 aliphatic carbocycles. The maximum atomic E-state index is 12.1. The Balaban J connectivity index is 2.12. The van der Waals surface area contributed by atoms with Gasteiger partial charge in [-0.05, 0) is 6.92 Å². The molecule has 0 spiro atoms. The van der Waals surface area contributed by atoms with E-state index in [0.29, 0.717) is 37.0 Å². The van der Waals surface area contributed by atoms with E-state index in [1.54, 1.807) is 4.57 Å². The quantitative estimate of drug-likeness (QED) is 0.652. The first kappa shape index (κ1) is 11.9. The normalized spacial score (nSPS) is 16.2. The van der Waals surface area contributed by atoms with Crippen LogP contribution in [0, 0.1) is 6.92 Å². The van der Waals surface area contributed by atoms with Crippen LogP contribution in [0.5, 0.6) is 0 Å². The minimum atomic E-state index is 0.0821. The van der Waals surface area contributed by atoms with Crippen molar-refractivity contribution in [3.05, 3.63) is 16.5 Å². The van der Waals surface area contributed by atoms with Crippen molar-refractivity contribution in [2.24, 2.45) is 0 Å². The van der Waals surface area contributed by atoms with Crippen molar-refractivity contribution in [1.29, 1.82) is 0 Å². The topological polar surface area (TPSA) is 47.4 Å². The van der Waals surface area contributed by atoms with E-state index in [4.69, 9.17) is 4.74 Å². The van der Waals surface area contributed by atoms with Crippen LogP contribution < -0.4 is 10.7 Å². The lowest BCUT2D eigenvalue weighted by molar-refractivity contribution is -0.135. The summed E-state index contributed by atoms with van der Waals surface area (Å²) in [7, 11) is 0. The molecular weight excluding hydrogens is 218 g/mol. The number of nitrogens with zero attached hydrogens (tertiary/aromatic N) is 3. The molecule has 0 atom stereocenters. The molecule has 0 N–H and O–H groups in total. The summed E-state index contributed by atoms with van der Waals surface area (Å²) in [6.45, 7) is 12.4. The molecule has 1 aliphatic rings. The smallest absolute Gasteiger partial charge is 0.242 e. The first-order valence-corrected chi connectivity index (χ1v) is 5.66. The van der Waals surface area contributed by atoms with Crippen molar-refractivity contribution < 1.29 is 9.53 Å². The van der Waals surface area contributed by atoms with Crippen LogP contribution >= 0.6 is 0 Å². The zero-order chi connectivity index (χ0) is 12.4. The highest BCUT2D eigenvalue weighted by molar-refractivity contribution is 5.76. The second-order valence-corrected chi connectivity index (χ2v) is 4.13. The van der Waals surface area contributed by atoms with Crippen LogP contribution in [0.25, 0.3) is 13.2 Å². The molecule has 1 fully saturated rings. The first-order chi connectivity index (χ1) is 8.09. The number of imidazole rings is 1. The van der Waals surface area contributed by atoms with Gasteiger partial charge in [0, 0.05) is 13.1 Å². The second kappa shape index (κ2) is 4.71. The zero-order valence-electron chi connectivity index (χ0n) is 10.1. The number of aromatic nitrogens is 2. The van der Waals surface area contributed by atoms with Gasteiger partial charge in [0.05, 0.1) is 23.9 Å². The van der Waals surface area contributed by atoms with Gasteiger partial charge in [0.15, 0.2) is 0 Å². The van der Waals surface area contributed by atoms with Crippen molar-refractivity contribution in [3.63, 3.8) is 0 Å². The van der Waals surface area contributed by atoms with Gasteiger partial charge in [-0.1, -0.05) is 13.2 Å². The van der Waals surface area contributed by atoms with Gasteiger partial charge >= 0.3 is 0 Å². The number of hydrogen-bond donors (Lipinski definition) is 0. The van der Waals surface area contributed by atoms with Crippen molar-refractivity contribution in [3.8, 4) is 0 Å². The van der Waals surface area contributed by atoms with Gasteiger partial charge in [0.2, 0.25) is 5.91 Å². The Morgan fingerprint density at radius 2 is 2.06 bits per heavy atom. The van der Waals surface area contributed by atoms with Gasteiger partial charge in [0.1, 0.15) is 12.4 Å². The minimum absolute atomic E-state index is 0.0821. The van der Waals surface area contributed by atoms with E-state index in [0.717, 1.165) is 5.82 Å². The number of carbonyl (C=O) groups excluding carboxylic acids is 1. The molecule has 5 nitrogen and oxygen atoms in total. The molecule has 1 aliphatic heterocycles. The molecule has 0 radical (unpaired) electrons. The molecule has 0 aromatic carbocycles. The predicted molar refractivity (Wildman–Crippen MR) is 64.7 cm³/mol. The number of carbonyl (C=O) groups is 1. The Labute approximate surface area is 100 Å². The largest absolute Gasteiger partial charge is 0.378 e. The lowest BCUT2D eigenvalue weighted by Gasteiger charge is -2.27. The lowest BCUT2D eigenvalue weighted by atomic mass is 10.4. The fraction of sp³-hybridized carbons (Fsp3) is 0.500. The summed E-state index contributed by atoms with van der Waals surface area (Å²) >= 11 is 0. The third-order valence-electron chi connectivity index (χ3n) is 3.00. The summed E-state index contributed by atoms with van der Waals surface area (Å²) in [6, 6.07) is 0. The van der Waals surface area contributed by atoms with Gasteiger partial charge < -0.3 is 14.2 Å². The fourth-order valence-electron chi connectivity index (χ4n) is 1.93. The monoisotopic (exact) mass is 235 g/mol. The Kier molecular flexibility index (Phi) is 3.28. The Hall–Kier alpha value is -1.62. The maximum Gasteiger partial charge on any atom is 0.242 e. The van der Waals surface area contributed by atoms with Crippen molar-refractivity contribution in [2.45, 2.75) is 13.5 Å². The van der Waals surface area contributed by atoms with Crippen LogP contribution in [0.2, 0.25) is 0 Å². The molecule has 5 heteroatoms.